The average molecular weight is 182 g/mol. The molecular formula is C10H14O3. The third kappa shape index (κ3) is 4.15. The lowest BCUT2D eigenvalue weighted by molar-refractivity contribution is -0.139. The molecule has 0 aromatic rings. The lowest BCUT2D eigenvalue weighted by Crippen LogP contribution is -2.06. The Morgan fingerprint density at radius 3 is 2.38 bits per heavy atom. The Labute approximate surface area is 78.3 Å². The summed E-state index contributed by atoms with van der Waals surface area (Å²) in [7, 11) is 2.72. The van der Waals surface area contributed by atoms with Crippen LogP contribution in [0.2, 0.25) is 0 Å². The fraction of sp³-hybridized carbons (Fsp3) is 0.300. The van der Waals surface area contributed by atoms with Crippen LogP contribution in [-0.2, 0) is 14.3 Å². The van der Waals surface area contributed by atoms with Crippen molar-refractivity contribution in [2.45, 2.75) is 6.42 Å². The number of hydrogen-bond donors (Lipinski definition) is 0. The smallest absolute Gasteiger partial charge is 0.372 e. The van der Waals surface area contributed by atoms with Crippen LogP contribution in [0.15, 0.2) is 36.6 Å². The van der Waals surface area contributed by atoms with Crippen LogP contribution in [-0.4, -0.2) is 20.2 Å². The topological polar surface area (TPSA) is 35.5 Å². The minimum absolute atomic E-state index is 0.186. The normalized spacial score (nSPS) is 10.5. The van der Waals surface area contributed by atoms with E-state index < -0.39 is 5.97 Å². The molecule has 0 aliphatic carbocycles. The number of esters is 1. The van der Waals surface area contributed by atoms with E-state index in [0.29, 0.717) is 6.42 Å². The molecule has 0 fully saturated rings. The second kappa shape index (κ2) is 6.06. The van der Waals surface area contributed by atoms with Crippen molar-refractivity contribution in [3.05, 3.63) is 36.6 Å². The highest BCUT2D eigenvalue weighted by Crippen LogP contribution is 2.05. The molecule has 0 radical (unpaired) electrons. The lowest BCUT2D eigenvalue weighted by atomic mass is 10.2. The Bertz CT molecular complexity index is 239. The molecule has 0 bridgehead atoms. The molecule has 0 amide bonds. The molecule has 0 aliphatic heterocycles. The van der Waals surface area contributed by atoms with Crippen LogP contribution in [0.4, 0.5) is 0 Å². The number of allylic oxidation sites excluding steroid dienone is 3. The Morgan fingerprint density at radius 1 is 1.38 bits per heavy atom. The number of hydrogen-bond acceptors (Lipinski definition) is 3. The van der Waals surface area contributed by atoms with Gasteiger partial charge in [-0.2, -0.15) is 0 Å². The molecule has 3 heteroatoms. The van der Waals surface area contributed by atoms with Gasteiger partial charge in [0.05, 0.1) is 14.2 Å². The van der Waals surface area contributed by atoms with E-state index in [1.807, 2.05) is 0 Å². The first-order valence-corrected chi connectivity index (χ1v) is 3.78. The minimum atomic E-state index is -0.487. The molecule has 3 nitrogen and oxygen atoms in total. The summed E-state index contributed by atoms with van der Waals surface area (Å²) in [6.45, 7) is 7.24. The predicted molar refractivity (Wildman–Crippen MR) is 51.1 cm³/mol. The molecule has 0 aromatic carbocycles. The minimum Gasteiger partial charge on any atom is -0.490 e. The van der Waals surface area contributed by atoms with Crippen molar-refractivity contribution in [3.63, 3.8) is 0 Å². The van der Waals surface area contributed by atoms with Gasteiger partial charge in [-0.25, -0.2) is 4.79 Å². The molecule has 0 saturated carbocycles. The largest absolute Gasteiger partial charge is 0.490 e. The molecular weight excluding hydrogens is 168 g/mol. The van der Waals surface area contributed by atoms with E-state index in [0.717, 1.165) is 5.57 Å². The van der Waals surface area contributed by atoms with Gasteiger partial charge < -0.3 is 9.47 Å². The van der Waals surface area contributed by atoms with Gasteiger partial charge in [0.2, 0.25) is 5.76 Å². The van der Waals surface area contributed by atoms with Crippen molar-refractivity contribution >= 4 is 5.97 Å². The highest BCUT2D eigenvalue weighted by Gasteiger charge is 2.07. The van der Waals surface area contributed by atoms with Crippen LogP contribution in [0.1, 0.15) is 6.42 Å². The maximum Gasteiger partial charge on any atom is 0.372 e. The molecule has 0 unspecified atom stereocenters. The fourth-order valence-electron chi connectivity index (χ4n) is 0.658. The van der Waals surface area contributed by atoms with Gasteiger partial charge >= 0.3 is 5.97 Å². The summed E-state index contributed by atoms with van der Waals surface area (Å²) in [5.41, 5.74) is 0.818. The molecule has 13 heavy (non-hydrogen) atoms. The molecule has 0 saturated heterocycles. The van der Waals surface area contributed by atoms with Gasteiger partial charge in [-0.3, -0.25) is 0 Å². The van der Waals surface area contributed by atoms with E-state index in [-0.39, 0.29) is 5.76 Å². The van der Waals surface area contributed by atoms with Crippen LogP contribution >= 0.6 is 0 Å². The average Bonchev–Trinajstić information content (AvgIpc) is 2.17. The van der Waals surface area contributed by atoms with Gasteiger partial charge in [0, 0.05) is 0 Å². The molecule has 0 aromatic heterocycles. The third-order valence-electron chi connectivity index (χ3n) is 1.44. The first kappa shape index (κ1) is 11.5. The van der Waals surface area contributed by atoms with Gasteiger partial charge in [0.15, 0.2) is 0 Å². The third-order valence-corrected chi connectivity index (χ3v) is 1.44. The second-order valence-electron chi connectivity index (χ2n) is 2.33. The quantitative estimate of drug-likeness (QED) is 0.281. The fourth-order valence-corrected chi connectivity index (χ4v) is 0.658. The molecule has 0 rings (SSSR count). The summed E-state index contributed by atoms with van der Waals surface area (Å²) in [5.74, 6) is -0.301. The van der Waals surface area contributed by atoms with Gasteiger partial charge in [-0.1, -0.05) is 24.8 Å². The van der Waals surface area contributed by atoms with Crippen molar-refractivity contribution in [1.82, 2.24) is 0 Å². The number of rotatable bonds is 5. The zero-order valence-corrected chi connectivity index (χ0v) is 8.00. The summed E-state index contributed by atoms with van der Waals surface area (Å²) in [6, 6.07) is 0. The maximum atomic E-state index is 11.0. The Balaban J connectivity index is 4.30. The molecule has 0 N–H and O–H groups in total. The summed E-state index contributed by atoms with van der Waals surface area (Å²) < 4.78 is 9.29. The van der Waals surface area contributed by atoms with E-state index in [4.69, 9.17) is 4.74 Å². The Morgan fingerprint density at radius 2 is 2.00 bits per heavy atom. The predicted octanol–water partition coefficient (Wildman–Crippen LogP) is 1.82. The van der Waals surface area contributed by atoms with Crippen molar-refractivity contribution in [2.75, 3.05) is 14.2 Å². The molecule has 72 valence electrons. The first-order valence-electron chi connectivity index (χ1n) is 3.78. The van der Waals surface area contributed by atoms with Crippen LogP contribution in [0.25, 0.3) is 0 Å². The Hall–Kier alpha value is -1.51. The van der Waals surface area contributed by atoms with Crippen molar-refractivity contribution in [3.8, 4) is 0 Å². The summed E-state index contributed by atoms with van der Waals surface area (Å²) >= 11 is 0. The summed E-state index contributed by atoms with van der Waals surface area (Å²) in [5, 5.41) is 0. The van der Waals surface area contributed by atoms with E-state index in [1.165, 1.54) is 14.2 Å². The van der Waals surface area contributed by atoms with E-state index in [2.05, 4.69) is 17.9 Å². The monoisotopic (exact) mass is 182 g/mol. The van der Waals surface area contributed by atoms with Crippen LogP contribution in [0.5, 0.6) is 0 Å². The standard InChI is InChI=1S/C10H14O3/c1-5-8(2)6-7-9(12-3)10(11)13-4/h5,7H,1-2,6H2,3-4H3/b9-7+. The molecule has 0 atom stereocenters. The number of ether oxygens (including phenoxy) is 2. The van der Waals surface area contributed by atoms with Crippen LogP contribution in [0, 0.1) is 0 Å². The van der Waals surface area contributed by atoms with Crippen molar-refractivity contribution in [1.29, 1.82) is 0 Å². The second-order valence-corrected chi connectivity index (χ2v) is 2.33. The SMILES string of the molecule is C=CC(=C)C/C=C(/OC)C(=O)OC. The molecule has 0 heterocycles. The van der Waals surface area contributed by atoms with Gasteiger partial charge in [-0.15, -0.1) is 0 Å². The van der Waals surface area contributed by atoms with E-state index in [1.54, 1.807) is 12.2 Å². The van der Waals surface area contributed by atoms with Gasteiger partial charge in [-0.05, 0) is 12.5 Å². The lowest BCUT2D eigenvalue weighted by Gasteiger charge is -2.02. The summed E-state index contributed by atoms with van der Waals surface area (Å²) in [4.78, 5) is 11.0. The van der Waals surface area contributed by atoms with Crippen molar-refractivity contribution < 1.29 is 14.3 Å². The number of carbonyl (C=O) groups is 1. The molecule has 0 aliphatic rings. The van der Waals surface area contributed by atoms with Gasteiger partial charge in [0.25, 0.3) is 0 Å². The zero-order valence-electron chi connectivity index (χ0n) is 8.00. The first-order chi connectivity index (χ1) is 6.15. The molecule has 0 spiro atoms. The van der Waals surface area contributed by atoms with Crippen LogP contribution < -0.4 is 0 Å². The van der Waals surface area contributed by atoms with Crippen LogP contribution in [0.3, 0.4) is 0 Å². The number of methoxy groups -OCH3 is 2. The van der Waals surface area contributed by atoms with E-state index in [9.17, 15) is 4.79 Å². The van der Waals surface area contributed by atoms with Crippen molar-refractivity contribution in [2.24, 2.45) is 0 Å². The van der Waals surface area contributed by atoms with Gasteiger partial charge in [0.1, 0.15) is 0 Å². The number of carbonyl (C=O) groups excluding carboxylic acids is 1. The highest BCUT2D eigenvalue weighted by atomic mass is 16.6. The summed E-state index contributed by atoms with van der Waals surface area (Å²) in [6.07, 6.45) is 3.76. The highest BCUT2D eigenvalue weighted by molar-refractivity contribution is 5.86. The maximum absolute atomic E-state index is 11.0. The Kier molecular flexibility index (Phi) is 5.35. The zero-order chi connectivity index (χ0) is 10.3. The van der Waals surface area contributed by atoms with E-state index >= 15 is 0 Å².